The van der Waals surface area contributed by atoms with E-state index < -0.39 is 0 Å². The van der Waals surface area contributed by atoms with Crippen LogP contribution in [0, 0.1) is 0 Å². The Labute approximate surface area is 116 Å². The fourth-order valence-corrected chi connectivity index (χ4v) is 1.89. The monoisotopic (exact) mass is 317 g/mol. The van der Waals surface area contributed by atoms with Crippen LogP contribution in [0.4, 0.5) is 0 Å². The highest BCUT2D eigenvalue weighted by Gasteiger charge is 2.08. The van der Waals surface area contributed by atoms with Crippen molar-refractivity contribution in [3.8, 4) is 5.75 Å². The number of aliphatic hydroxyl groups is 2. The number of ether oxygens (including phenoxy) is 1. The van der Waals surface area contributed by atoms with E-state index in [-0.39, 0.29) is 19.3 Å². The van der Waals surface area contributed by atoms with E-state index in [0.717, 1.165) is 22.2 Å². The van der Waals surface area contributed by atoms with Crippen LogP contribution in [0.2, 0.25) is 0 Å². The van der Waals surface area contributed by atoms with Gasteiger partial charge in [0.25, 0.3) is 0 Å². The van der Waals surface area contributed by atoms with Crippen LogP contribution in [0.3, 0.4) is 0 Å². The zero-order valence-electron chi connectivity index (χ0n) is 10.5. The Morgan fingerprint density at radius 3 is 2.67 bits per heavy atom. The molecule has 0 saturated heterocycles. The molecule has 102 valence electrons. The molecule has 0 radical (unpaired) electrons. The predicted octanol–water partition coefficient (Wildman–Crippen LogP) is 1.68. The molecule has 1 aromatic rings. The Balaban J connectivity index is 2.68. The van der Waals surface area contributed by atoms with Gasteiger partial charge in [-0.2, -0.15) is 0 Å². The van der Waals surface area contributed by atoms with Crippen LogP contribution < -0.4 is 10.1 Å². The van der Waals surface area contributed by atoms with Crippen molar-refractivity contribution in [2.24, 2.45) is 0 Å². The van der Waals surface area contributed by atoms with Gasteiger partial charge in [0.05, 0.1) is 25.9 Å². The maximum atomic E-state index is 9.01. The summed E-state index contributed by atoms with van der Waals surface area (Å²) in [4.78, 5) is 0. The van der Waals surface area contributed by atoms with Crippen molar-refractivity contribution in [1.29, 1.82) is 0 Å². The lowest BCUT2D eigenvalue weighted by Crippen LogP contribution is -2.35. The van der Waals surface area contributed by atoms with Gasteiger partial charge in [0, 0.05) is 16.6 Å². The summed E-state index contributed by atoms with van der Waals surface area (Å²) in [6.07, 6.45) is 0.957. The van der Waals surface area contributed by atoms with E-state index in [1.807, 2.05) is 18.2 Å². The molecular weight excluding hydrogens is 298 g/mol. The maximum absolute atomic E-state index is 9.01. The first-order chi connectivity index (χ1) is 8.71. The van der Waals surface area contributed by atoms with Crippen LogP contribution in [-0.4, -0.2) is 36.1 Å². The smallest absolute Gasteiger partial charge is 0.123 e. The summed E-state index contributed by atoms with van der Waals surface area (Å²) in [5.74, 6) is 0.835. The summed E-state index contributed by atoms with van der Waals surface area (Å²) >= 11 is 3.42. The number of hydrogen-bond donors (Lipinski definition) is 3. The first-order valence-electron chi connectivity index (χ1n) is 6.07. The molecule has 0 heterocycles. The van der Waals surface area contributed by atoms with Gasteiger partial charge in [-0.15, -0.1) is 0 Å². The molecule has 0 aliphatic heterocycles. The van der Waals surface area contributed by atoms with Crippen LogP contribution in [0.25, 0.3) is 0 Å². The zero-order chi connectivity index (χ0) is 13.4. The van der Waals surface area contributed by atoms with Crippen molar-refractivity contribution in [2.75, 3.05) is 19.8 Å². The van der Waals surface area contributed by atoms with Gasteiger partial charge in [-0.3, -0.25) is 0 Å². The molecule has 0 amide bonds. The van der Waals surface area contributed by atoms with Gasteiger partial charge < -0.3 is 20.3 Å². The standard InChI is InChI=1S/C13H20BrNO3/c1-2-5-18-13-4-3-11(14)6-10(13)7-15-12(8-16)9-17/h3-4,6,12,15-17H,2,5,7-9H2,1H3. The average Bonchev–Trinajstić information content (AvgIpc) is 2.39. The van der Waals surface area contributed by atoms with Gasteiger partial charge in [0.15, 0.2) is 0 Å². The van der Waals surface area contributed by atoms with Gasteiger partial charge in [-0.25, -0.2) is 0 Å². The van der Waals surface area contributed by atoms with Crippen LogP contribution in [0.5, 0.6) is 5.75 Å². The fourth-order valence-electron chi connectivity index (χ4n) is 1.48. The molecule has 0 spiro atoms. The van der Waals surface area contributed by atoms with Gasteiger partial charge in [-0.05, 0) is 24.6 Å². The van der Waals surface area contributed by atoms with E-state index in [1.165, 1.54) is 0 Å². The molecule has 4 nitrogen and oxygen atoms in total. The molecule has 5 heteroatoms. The molecule has 0 aromatic heterocycles. The van der Waals surface area contributed by atoms with E-state index in [2.05, 4.69) is 28.2 Å². The number of benzene rings is 1. The lowest BCUT2D eigenvalue weighted by atomic mass is 10.2. The summed E-state index contributed by atoms with van der Waals surface area (Å²) in [7, 11) is 0. The predicted molar refractivity (Wildman–Crippen MR) is 74.7 cm³/mol. The molecular formula is C13H20BrNO3. The van der Waals surface area contributed by atoms with Crippen molar-refractivity contribution in [1.82, 2.24) is 5.32 Å². The number of halogens is 1. The average molecular weight is 318 g/mol. The largest absolute Gasteiger partial charge is 0.493 e. The second kappa shape index (κ2) is 8.48. The molecule has 0 saturated carbocycles. The van der Waals surface area contributed by atoms with Crippen molar-refractivity contribution in [3.05, 3.63) is 28.2 Å². The second-order valence-corrected chi connectivity index (χ2v) is 4.96. The minimum atomic E-state index is -0.303. The van der Waals surface area contributed by atoms with Crippen molar-refractivity contribution >= 4 is 15.9 Å². The molecule has 3 N–H and O–H groups in total. The number of rotatable bonds is 8. The SMILES string of the molecule is CCCOc1ccc(Br)cc1CNC(CO)CO. The summed E-state index contributed by atoms with van der Waals surface area (Å²) in [5, 5.41) is 21.1. The van der Waals surface area contributed by atoms with Gasteiger partial charge in [-0.1, -0.05) is 22.9 Å². The van der Waals surface area contributed by atoms with Crippen LogP contribution in [-0.2, 0) is 6.54 Å². The summed E-state index contributed by atoms with van der Waals surface area (Å²) in [6, 6.07) is 5.53. The lowest BCUT2D eigenvalue weighted by molar-refractivity contribution is 0.170. The Hall–Kier alpha value is -0.620. The highest BCUT2D eigenvalue weighted by molar-refractivity contribution is 9.10. The molecule has 0 atom stereocenters. The van der Waals surface area contributed by atoms with Crippen molar-refractivity contribution < 1.29 is 14.9 Å². The molecule has 0 aliphatic carbocycles. The third-order valence-corrected chi connectivity index (χ3v) is 3.00. The molecule has 0 fully saturated rings. The van der Waals surface area contributed by atoms with Gasteiger partial charge >= 0.3 is 0 Å². The minimum Gasteiger partial charge on any atom is -0.493 e. The van der Waals surface area contributed by atoms with E-state index >= 15 is 0 Å². The van der Waals surface area contributed by atoms with E-state index in [9.17, 15) is 0 Å². The molecule has 0 unspecified atom stereocenters. The summed E-state index contributed by atoms with van der Waals surface area (Å²) < 4.78 is 6.63. The Morgan fingerprint density at radius 1 is 1.33 bits per heavy atom. The maximum Gasteiger partial charge on any atom is 0.123 e. The highest BCUT2D eigenvalue weighted by Crippen LogP contribution is 2.23. The van der Waals surface area contributed by atoms with Crippen molar-refractivity contribution in [3.63, 3.8) is 0 Å². The molecule has 0 bridgehead atoms. The van der Waals surface area contributed by atoms with Crippen molar-refractivity contribution in [2.45, 2.75) is 25.9 Å². The van der Waals surface area contributed by atoms with E-state index in [1.54, 1.807) is 0 Å². The van der Waals surface area contributed by atoms with Crippen LogP contribution in [0.1, 0.15) is 18.9 Å². The molecule has 18 heavy (non-hydrogen) atoms. The molecule has 1 aromatic carbocycles. The van der Waals surface area contributed by atoms with Gasteiger partial charge in [0.2, 0.25) is 0 Å². The van der Waals surface area contributed by atoms with Crippen LogP contribution in [0.15, 0.2) is 22.7 Å². The third-order valence-electron chi connectivity index (χ3n) is 2.51. The van der Waals surface area contributed by atoms with E-state index in [0.29, 0.717) is 13.2 Å². The Kier molecular flexibility index (Phi) is 7.27. The van der Waals surface area contributed by atoms with Crippen LogP contribution >= 0.6 is 15.9 Å². The quantitative estimate of drug-likeness (QED) is 0.682. The fraction of sp³-hybridized carbons (Fsp3) is 0.538. The first kappa shape index (κ1) is 15.4. The minimum absolute atomic E-state index is 0.0876. The number of hydrogen-bond acceptors (Lipinski definition) is 4. The Bertz CT molecular complexity index is 356. The topological polar surface area (TPSA) is 61.7 Å². The molecule has 0 aliphatic rings. The second-order valence-electron chi connectivity index (χ2n) is 4.04. The first-order valence-corrected chi connectivity index (χ1v) is 6.86. The summed E-state index contributed by atoms with van der Waals surface area (Å²) in [6.45, 7) is 3.11. The third kappa shape index (κ3) is 4.94. The number of aliphatic hydroxyl groups excluding tert-OH is 2. The van der Waals surface area contributed by atoms with E-state index in [4.69, 9.17) is 14.9 Å². The molecule has 1 rings (SSSR count). The Morgan fingerprint density at radius 2 is 2.06 bits per heavy atom. The lowest BCUT2D eigenvalue weighted by Gasteiger charge is -2.16. The number of nitrogens with one attached hydrogen (secondary N) is 1. The highest BCUT2D eigenvalue weighted by atomic mass is 79.9. The normalized spacial score (nSPS) is 10.9. The zero-order valence-corrected chi connectivity index (χ0v) is 12.1. The van der Waals surface area contributed by atoms with Gasteiger partial charge in [0.1, 0.15) is 5.75 Å². The summed E-state index contributed by atoms with van der Waals surface area (Å²) in [5.41, 5.74) is 1.00.